The highest BCUT2D eigenvalue weighted by molar-refractivity contribution is 9.10. The Morgan fingerprint density at radius 3 is 2.58 bits per heavy atom. The average Bonchev–Trinajstić information content (AvgIpc) is 2.75. The van der Waals surface area contributed by atoms with Gasteiger partial charge in [0.2, 0.25) is 0 Å². The molecule has 0 fully saturated rings. The molecule has 0 radical (unpaired) electrons. The molecule has 0 aliphatic heterocycles. The molecule has 0 aliphatic carbocycles. The van der Waals surface area contributed by atoms with E-state index in [2.05, 4.69) is 26.5 Å². The monoisotopic (exact) mass is 500 g/mol. The topological polar surface area (TPSA) is 77.0 Å². The van der Waals surface area contributed by atoms with Gasteiger partial charge in [0.15, 0.2) is 6.61 Å². The Morgan fingerprint density at radius 1 is 1.10 bits per heavy atom. The molecule has 0 saturated carbocycles. The van der Waals surface area contributed by atoms with Crippen molar-refractivity contribution in [1.82, 2.24) is 5.43 Å². The van der Waals surface area contributed by atoms with Crippen molar-refractivity contribution in [2.75, 3.05) is 6.61 Å². The number of hydrazone groups is 1. The van der Waals surface area contributed by atoms with Gasteiger partial charge in [-0.1, -0.05) is 45.7 Å². The van der Waals surface area contributed by atoms with Crippen LogP contribution in [0.1, 0.15) is 21.5 Å². The fraction of sp³-hybridized carbons (Fsp3) is 0.0870. The average molecular weight is 502 g/mol. The molecule has 0 aromatic heterocycles. The number of rotatable bonds is 7. The number of aryl methyl sites for hydroxylation is 1. The fourth-order valence-corrected chi connectivity index (χ4v) is 3.06. The third-order valence-electron chi connectivity index (χ3n) is 4.12. The van der Waals surface area contributed by atoms with Crippen molar-refractivity contribution in [3.63, 3.8) is 0 Å². The van der Waals surface area contributed by atoms with E-state index in [4.69, 9.17) is 21.1 Å². The van der Waals surface area contributed by atoms with Gasteiger partial charge in [-0.3, -0.25) is 4.79 Å². The van der Waals surface area contributed by atoms with E-state index in [0.717, 1.165) is 10.0 Å². The van der Waals surface area contributed by atoms with Crippen LogP contribution in [-0.4, -0.2) is 24.7 Å². The predicted octanol–water partition coefficient (Wildman–Crippen LogP) is 5.16. The second-order valence-corrected chi connectivity index (χ2v) is 7.77. The van der Waals surface area contributed by atoms with Crippen molar-refractivity contribution >= 4 is 45.6 Å². The summed E-state index contributed by atoms with van der Waals surface area (Å²) in [5, 5.41) is 4.51. The highest BCUT2D eigenvalue weighted by Crippen LogP contribution is 2.23. The van der Waals surface area contributed by atoms with Gasteiger partial charge in [-0.25, -0.2) is 10.2 Å². The Kier molecular flexibility index (Phi) is 7.81. The molecule has 31 heavy (non-hydrogen) atoms. The van der Waals surface area contributed by atoms with Gasteiger partial charge in [-0.15, -0.1) is 0 Å². The van der Waals surface area contributed by atoms with Gasteiger partial charge in [-0.2, -0.15) is 5.10 Å². The van der Waals surface area contributed by atoms with Gasteiger partial charge in [0.05, 0.1) is 11.8 Å². The second-order valence-electron chi connectivity index (χ2n) is 6.42. The van der Waals surface area contributed by atoms with E-state index in [9.17, 15) is 9.59 Å². The molecule has 0 heterocycles. The third-order valence-corrected chi connectivity index (χ3v) is 4.86. The summed E-state index contributed by atoms with van der Waals surface area (Å²) < 4.78 is 11.7. The lowest BCUT2D eigenvalue weighted by Gasteiger charge is -2.09. The number of nitrogens with one attached hydrogen (secondary N) is 1. The minimum Gasteiger partial charge on any atom is -0.484 e. The lowest BCUT2D eigenvalue weighted by molar-refractivity contribution is -0.123. The summed E-state index contributed by atoms with van der Waals surface area (Å²) in [5.74, 6) is -0.0945. The Labute approximate surface area is 193 Å². The number of benzene rings is 3. The maximum atomic E-state index is 12.5. The second kappa shape index (κ2) is 10.7. The van der Waals surface area contributed by atoms with Crippen LogP contribution in [0.5, 0.6) is 11.5 Å². The molecule has 0 atom stereocenters. The summed E-state index contributed by atoms with van der Waals surface area (Å²) in [7, 11) is 0. The zero-order valence-corrected chi connectivity index (χ0v) is 18.8. The maximum Gasteiger partial charge on any atom is 0.343 e. The molecule has 158 valence electrons. The molecule has 8 heteroatoms. The van der Waals surface area contributed by atoms with Crippen LogP contribution in [0, 0.1) is 6.92 Å². The fourth-order valence-electron chi connectivity index (χ4n) is 2.56. The number of halogens is 2. The quantitative estimate of drug-likeness (QED) is 0.210. The number of carbonyl (C=O) groups excluding carboxylic acids is 2. The highest BCUT2D eigenvalue weighted by Gasteiger charge is 2.13. The lowest BCUT2D eigenvalue weighted by Crippen LogP contribution is -2.24. The molecule has 3 rings (SSSR count). The molecule has 0 unspecified atom stereocenters. The number of hydrogen-bond acceptors (Lipinski definition) is 5. The first-order chi connectivity index (χ1) is 14.9. The van der Waals surface area contributed by atoms with E-state index in [0.29, 0.717) is 27.6 Å². The number of nitrogens with zero attached hydrogens (tertiary/aromatic N) is 1. The van der Waals surface area contributed by atoms with Crippen molar-refractivity contribution in [1.29, 1.82) is 0 Å². The number of hydrogen-bond donors (Lipinski definition) is 1. The van der Waals surface area contributed by atoms with Gasteiger partial charge < -0.3 is 9.47 Å². The minimum absolute atomic E-state index is 0.216. The Hall–Kier alpha value is -3.16. The summed E-state index contributed by atoms with van der Waals surface area (Å²) in [6.07, 6.45) is 1.39. The SMILES string of the molecule is Cc1ccccc1C(=O)Oc1ccc(Br)cc1/C=N\NC(=O)COc1ccc(Cl)cc1. The molecule has 1 amide bonds. The van der Waals surface area contributed by atoms with Crippen LogP contribution in [0.4, 0.5) is 0 Å². The van der Waals surface area contributed by atoms with E-state index in [1.807, 2.05) is 19.1 Å². The van der Waals surface area contributed by atoms with Crippen LogP contribution in [0.3, 0.4) is 0 Å². The Morgan fingerprint density at radius 2 is 1.84 bits per heavy atom. The van der Waals surface area contributed by atoms with Crippen molar-refractivity contribution in [3.05, 3.63) is 92.9 Å². The van der Waals surface area contributed by atoms with Crippen molar-refractivity contribution in [2.24, 2.45) is 5.10 Å². The van der Waals surface area contributed by atoms with Crippen LogP contribution < -0.4 is 14.9 Å². The van der Waals surface area contributed by atoms with Crippen molar-refractivity contribution < 1.29 is 19.1 Å². The van der Waals surface area contributed by atoms with Gasteiger partial charge in [-0.05, 0) is 61.0 Å². The van der Waals surface area contributed by atoms with Gasteiger partial charge in [0.25, 0.3) is 5.91 Å². The molecular formula is C23H18BrClN2O4. The van der Waals surface area contributed by atoms with Crippen molar-refractivity contribution in [2.45, 2.75) is 6.92 Å². The van der Waals surface area contributed by atoms with E-state index in [-0.39, 0.29) is 6.61 Å². The summed E-state index contributed by atoms with van der Waals surface area (Å²) >= 11 is 9.19. The maximum absolute atomic E-state index is 12.5. The number of amides is 1. The number of esters is 1. The van der Waals surface area contributed by atoms with Gasteiger partial charge in [0, 0.05) is 15.1 Å². The first-order valence-electron chi connectivity index (χ1n) is 9.20. The van der Waals surface area contributed by atoms with Crippen LogP contribution >= 0.6 is 27.5 Å². The zero-order valence-electron chi connectivity index (χ0n) is 16.5. The van der Waals surface area contributed by atoms with Gasteiger partial charge in [0.1, 0.15) is 11.5 Å². The molecule has 0 saturated heterocycles. The molecule has 1 N–H and O–H groups in total. The Balaban J connectivity index is 1.62. The van der Waals surface area contributed by atoms with Gasteiger partial charge >= 0.3 is 5.97 Å². The van der Waals surface area contributed by atoms with Crippen LogP contribution in [0.2, 0.25) is 5.02 Å². The first-order valence-corrected chi connectivity index (χ1v) is 10.4. The molecule has 6 nitrogen and oxygen atoms in total. The zero-order chi connectivity index (χ0) is 22.2. The first kappa shape index (κ1) is 22.5. The summed E-state index contributed by atoms with van der Waals surface area (Å²) in [6, 6.07) is 18.9. The van der Waals surface area contributed by atoms with Crippen molar-refractivity contribution in [3.8, 4) is 11.5 Å². The third kappa shape index (κ3) is 6.67. The molecular weight excluding hydrogens is 484 g/mol. The van der Waals surface area contributed by atoms with Crippen LogP contribution in [0.25, 0.3) is 0 Å². The molecule has 0 bridgehead atoms. The standard InChI is InChI=1S/C23H18BrClN2O4/c1-15-4-2-3-5-20(15)23(29)31-21-11-6-17(24)12-16(21)13-26-27-22(28)14-30-19-9-7-18(25)8-10-19/h2-13H,14H2,1H3,(H,27,28)/b26-13-. The molecule has 3 aromatic carbocycles. The highest BCUT2D eigenvalue weighted by atomic mass is 79.9. The van der Waals surface area contributed by atoms with E-state index >= 15 is 0 Å². The normalized spacial score (nSPS) is 10.7. The number of ether oxygens (including phenoxy) is 2. The molecule has 3 aromatic rings. The predicted molar refractivity (Wildman–Crippen MR) is 123 cm³/mol. The minimum atomic E-state index is -0.476. The summed E-state index contributed by atoms with van der Waals surface area (Å²) in [5.41, 5.74) is 4.17. The van der Waals surface area contributed by atoms with E-state index in [1.54, 1.807) is 54.6 Å². The smallest absolute Gasteiger partial charge is 0.343 e. The summed E-state index contributed by atoms with van der Waals surface area (Å²) in [4.78, 5) is 24.5. The van der Waals surface area contributed by atoms with Crippen LogP contribution in [-0.2, 0) is 4.79 Å². The molecule has 0 spiro atoms. The number of carbonyl (C=O) groups is 2. The van der Waals surface area contributed by atoms with Crippen LogP contribution in [0.15, 0.2) is 76.3 Å². The summed E-state index contributed by atoms with van der Waals surface area (Å²) in [6.45, 7) is 1.62. The van der Waals surface area contributed by atoms with E-state index < -0.39 is 11.9 Å². The van der Waals surface area contributed by atoms with E-state index in [1.165, 1.54) is 6.21 Å². The largest absolute Gasteiger partial charge is 0.484 e. The molecule has 0 aliphatic rings. The lowest BCUT2D eigenvalue weighted by atomic mass is 10.1. The Bertz CT molecular complexity index is 1120.